The molecule has 0 amide bonds. The van der Waals surface area contributed by atoms with Gasteiger partial charge < -0.3 is 15.8 Å². The van der Waals surface area contributed by atoms with E-state index in [0.29, 0.717) is 30.1 Å². The Hall–Kier alpha value is -2.63. The number of aromatic nitrogens is 1. The number of hydrogen-bond acceptors (Lipinski definition) is 3. The van der Waals surface area contributed by atoms with E-state index in [1.165, 1.54) is 12.1 Å². The molecule has 1 aromatic heterocycles. The molecule has 23 heavy (non-hydrogen) atoms. The smallest absolute Gasteiger partial charge is 0.224 e. The van der Waals surface area contributed by atoms with Gasteiger partial charge in [-0.3, -0.25) is 0 Å². The van der Waals surface area contributed by atoms with Crippen LogP contribution in [0.4, 0.5) is 4.39 Å². The summed E-state index contributed by atoms with van der Waals surface area (Å²) in [7, 11) is 0. The molecule has 6 heteroatoms. The number of ether oxygens (including phenoxy) is 1. The Balaban J connectivity index is 2.07. The van der Waals surface area contributed by atoms with E-state index in [4.69, 9.17) is 10.5 Å². The van der Waals surface area contributed by atoms with Crippen LogP contribution < -0.4 is 15.8 Å². The summed E-state index contributed by atoms with van der Waals surface area (Å²) >= 11 is 0. The second kappa shape index (κ2) is 8.12. The van der Waals surface area contributed by atoms with Gasteiger partial charge in [0.05, 0.1) is 6.54 Å². The highest BCUT2D eigenvalue weighted by Crippen LogP contribution is 2.23. The zero-order chi connectivity index (χ0) is 16.7. The third-order valence-electron chi connectivity index (χ3n) is 2.97. The molecule has 0 aliphatic carbocycles. The standard InChI is InChI=1S/C17H21FN4O/c1-12(2)10-21-17(19)22-11-13-5-4-8-20-16(13)23-15-7-3-6-14(18)9-15/h3-9,12H,10-11H2,1-2H3,(H3,19,21,22). The number of rotatable bonds is 6. The molecule has 2 rings (SSSR count). The zero-order valence-corrected chi connectivity index (χ0v) is 13.3. The van der Waals surface area contributed by atoms with Crippen molar-refractivity contribution in [3.05, 3.63) is 54.0 Å². The fourth-order valence-corrected chi connectivity index (χ4v) is 1.81. The van der Waals surface area contributed by atoms with Gasteiger partial charge in [-0.1, -0.05) is 26.0 Å². The van der Waals surface area contributed by atoms with E-state index in [1.54, 1.807) is 24.4 Å². The van der Waals surface area contributed by atoms with Crippen LogP contribution in [0.3, 0.4) is 0 Å². The average Bonchev–Trinajstić information content (AvgIpc) is 2.52. The van der Waals surface area contributed by atoms with Gasteiger partial charge in [0.25, 0.3) is 0 Å². The third kappa shape index (κ3) is 5.58. The van der Waals surface area contributed by atoms with E-state index >= 15 is 0 Å². The molecule has 3 N–H and O–H groups in total. The van der Waals surface area contributed by atoms with Crippen molar-refractivity contribution in [3.63, 3.8) is 0 Å². The van der Waals surface area contributed by atoms with Crippen molar-refractivity contribution in [1.29, 1.82) is 0 Å². The van der Waals surface area contributed by atoms with Gasteiger partial charge in [-0.05, 0) is 24.1 Å². The number of halogens is 1. The van der Waals surface area contributed by atoms with E-state index in [9.17, 15) is 4.39 Å². The first-order chi connectivity index (χ1) is 11.0. The predicted octanol–water partition coefficient (Wildman–Crippen LogP) is 3.07. The molecule has 0 saturated heterocycles. The monoisotopic (exact) mass is 316 g/mol. The first kappa shape index (κ1) is 16.7. The van der Waals surface area contributed by atoms with Crippen molar-refractivity contribution < 1.29 is 9.13 Å². The maximum absolute atomic E-state index is 13.2. The second-order valence-electron chi connectivity index (χ2n) is 5.50. The zero-order valence-electron chi connectivity index (χ0n) is 13.3. The van der Waals surface area contributed by atoms with Crippen LogP contribution in [0.25, 0.3) is 0 Å². The summed E-state index contributed by atoms with van der Waals surface area (Å²) in [5.41, 5.74) is 6.59. The van der Waals surface area contributed by atoms with Gasteiger partial charge >= 0.3 is 0 Å². The van der Waals surface area contributed by atoms with Crippen molar-refractivity contribution in [2.75, 3.05) is 6.54 Å². The topological polar surface area (TPSA) is 72.5 Å². The highest BCUT2D eigenvalue weighted by Gasteiger charge is 2.07. The summed E-state index contributed by atoms with van der Waals surface area (Å²) in [6, 6.07) is 9.56. The van der Waals surface area contributed by atoms with E-state index in [2.05, 4.69) is 29.1 Å². The number of pyridine rings is 1. The lowest BCUT2D eigenvalue weighted by molar-refractivity contribution is 0.452. The van der Waals surface area contributed by atoms with Crippen molar-refractivity contribution in [3.8, 4) is 11.6 Å². The number of aliphatic imine (C=N–C) groups is 1. The average molecular weight is 316 g/mol. The minimum Gasteiger partial charge on any atom is -0.439 e. The molecule has 0 bridgehead atoms. The van der Waals surface area contributed by atoms with Crippen LogP contribution in [-0.2, 0) is 6.54 Å². The fourth-order valence-electron chi connectivity index (χ4n) is 1.81. The number of nitrogens with one attached hydrogen (secondary N) is 1. The number of guanidine groups is 1. The lowest BCUT2D eigenvalue weighted by atomic mass is 10.2. The summed E-state index contributed by atoms with van der Waals surface area (Å²) in [6.45, 7) is 5.27. The largest absolute Gasteiger partial charge is 0.439 e. The number of hydrogen-bond donors (Lipinski definition) is 2. The van der Waals surface area contributed by atoms with Crippen molar-refractivity contribution >= 4 is 5.96 Å². The molecule has 1 aromatic carbocycles. The molecule has 0 aliphatic rings. The van der Waals surface area contributed by atoms with E-state index in [0.717, 1.165) is 12.1 Å². The molecule has 0 spiro atoms. The first-order valence-electron chi connectivity index (χ1n) is 7.45. The molecule has 5 nitrogen and oxygen atoms in total. The Labute approximate surface area is 135 Å². The first-order valence-corrected chi connectivity index (χ1v) is 7.45. The Morgan fingerprint density at radius 2 is 2.17 bits per heavy atom. The molecule has 1 heterocycles. The molecule has 2 aromatic rings. The normalized spacial score (nSPS) is 11.6. The van der Waals surface area contributed by atoms with E-state index < -0.39 is 0 Å². The summed E-state index contributed by atoms with van der Waals surface area (Å²) in [4.78, 5) is 8.46. The number of nitrogens with two attached hydrogens (primary N) is 1. The van der Waals surface area contributed by atoms with Gasteiger partial charge in [-0.25, -0.2) is 14.4 Å². The van der Waals surface area contributed by atoms with Crippen LogP contribution in [-0.4, -0.2) is 17.5 Å². The SMILES string of the molecule is CC(C)CNC(N)=NCc1cccnc1Oc1cccc(F)c1. The van der Waals surface area contributed by atoms with Crippen LogP contribution in [0.1, 0.15) is 19.4 Å². The van der Waals surface area contributed by atoms with E-state index in [1.807, 2.05) is 6.07 Å². The predicted molar refractivity (Wildman–Crippen MR) is 88.9 cm³/mol. The van der Waals surface area contributed by atoms with Crippen molar-refractivity contribution in [2.24, 2.45) is 16.6 Å². The third-order valence-corrected chi connectivity index (χ3v) is 2.97. The van der Waals surface area contributed by atoms with Gasteiger partial charge in [0.1, 0.15) is 11.6 Å². The molecule has 0 aliphatic heterocycles. The minimum atomic E-state index is -0.361. The lowest BCUT2D eigenvalue weighted by Gasteiger charge is -2.10. The minimum absolute atomic E-state index is 0.329. The molecule has 0 unspecified atom stereocenters. The quantitative estimate of drug-likeness (QED) is 0.634. The van der Waals surface area contributed by atoms with Crippen LogP contribution >= 0.6 is 0 Å². The van der Waals surface area contributed by atoms with Gasteiger partial charge in [0.2, 0.25) is 5.88 Å². The molecule has 0 atom stereocenters. The fraction of sp³-hybridized carbons (Fsp3) is 0.294. The van der Waals surface area contributed by atoms with Crippen LogP contribution in [0.15, 0.2) is 47.6 Å². The highest BCUT2D eigenvalue weighted by molar-refractivity contribution is 5.77. The van der Waals surface area contributed by atoms with Gasteiger partial charge in [-0.15, -0.1) is 0 Å². The Kier molecular flexibility index (Phi) is 5.91. The lowest BCUT2D eigenvalue weighted by Crippen LogP contribution is -2.34. The number of nitrogens with zero attached hydrogens (tertiary/aromatic N) is 2. The molecule has 0 saturated carbocycles. The van der Waals surface area contributed by atoms with Crippen LogP contribution in [0.5, 0.6) is 11.6 Å². The molecule has 122 valence electrons. The Bertz CT molecular complexity index is 673. The molecule has 0 radical (unpaired) electrons. The Morgan fingerprint density at radius 3 is 2.91 bits per heavy atom. The number of benzene rings is 1. The molecule has 0 fully saturated rings. The van der Waals surface area contributed by atoms with Gasteiger partial charge in [0, 0.05) is 24.4 Å². The summed E-state index contributed by atoms with van der Waals surface area (Å²) in [5, 5.41) is 3.05. The Morgan fingerprint density at radius 1 is 1.35 bits per heavy atom. The van der Waals surface area contributed by atoms with Crippen LogP contribution in [0, 0.1) is 11.7 Å². The summed E-state index contributed by atoms with van der Waals surface area (Å²) in [5.74, 6) is 1.27. The summed E-state index contributed by atoms with van der Waals surface area (Å²) in [6.07, 6.45) is 1.61. The van der Waals surface area contributed by atoms with Crippen molar-refractivity contribution in [1.82, 2.24) is 10.3 Å². The second-order valence-corrected chi connectivity index (χ2v) is 5.50. The van der Waals surface area contributed by atoms with Crippen molar-refractivity contribution in [2.45, 2.75) is 20.4 Å². The maximum Gasteiger partial charge on any atom is 0.224 e. The van der Waals surface area contributed by atoms with Crippen LogP contribution in [0.2, 0.25) is 0 Å². The van der Waals surface area contributed by atoms with Gasteiger partial charge in [0.15, 0.2) is 5.96 Å². The molecular formula is C17H21FN4O. The summed E-state index contributed by atoms with van der Waals surface area (Å²) < 4.78 is 18.9. The molecular weight excluding hydrogens is 295 g/mol. The maximum atomic E-state index is 13.2. The van der Waals surface area contributed by atoms with E-state index in [-0.39, 0.29) is 5.82 Å². The highest BCUT2D eigenvalue weighted by atomic mass is 19.1. The van der Waals surface area contributed by atoms with Gasteiger partial charge in [-0.2, -0.15) is 0 Å².